The summed E-state index contributed by atoms with van der Waals surface area (Å²) in [6.45, 7) is 2.06. The van der Waals surface area contributed by atoms with Crippen molar-refractivity contribution < 1.29 is 28.1 Å². The first-order valence-corrected chi connectivity index (χ1v) is 12.5. The highest BCUT2D eigenvalue weighted by atomic mass is 19.4. The second-order valence-electron chi connectivity index (χ2n) is 9.63. The van der Waals surface area contributed by atoms with Gasteiger partial charge in [-0.05, 0) is 42.5 Å². The van der Waals surface area contributed by atoms with Gasteiger partial charge in [0.1, 0.15) is 17.2 Å². The molecular weight excluding hydrogens is 485 g/mol. The standard InChI is InChI=1S/C27H29F3N4O3/c28-27(29,30)37-18-10-11-20(24(36)14-18)25-19-12-13-34(15-17-6-2-1-3-7-17)16-21(19)26(33-32-25)31-22-8-4-5-9-23(22)35/h1-3,6-7,10-11,14,22-23,35-36H,4-5,8-9,12-13,15-16H2,(H,31,33)/t22-,23-/m1/s1. The summed E-state index contributed by atoms with van der Waals surface area (Å²) in [6, 6.07) is 13.5. The van der Waals surface area contributed by atoms with E-state index in [0.29, 0.717) is 30.0 Å². The lowest BCUT2D eigenvalue weighted by molar-refractivity contribution is -0.274. The number of aromatic hydroxyl groups is 1. The molecule has 5 rings (SSSR count). The van der Waals surface area contributed by atoms with Crippen LogP contribution in [0, 0.1) is 0 Å². The molecular formula is C27H29F3N4O3. The Bertz CT molecular complexity index is 1240. The molecule has 0 unspecified atom stereocenters. The minimum atomic E-state index is -4.86. The van der Waals surface area contributed by atoms with Gasteiger partial charge in [-0.25, -0.2) is 0 Å². The number of halogens is 3. The number of alkyl halides is 3. The number of hydrogen-bond acceptors (Lipinski definition) is 7. The maximum absolute atomic E-state index is 12.6. The summed E-state index contributed by atoms with van der Waals surface area (Å²) in [5.41, 5.74) is 3.70. The fourth-order valence-corrected chi connectivity index (χ4v) is 5.19. The van der Waals surface area contributed by atoms with Gasteiger partial charge in [0.2, 0.25) is 0 Å². The van der Waals surface area contributed by atoms with Crippen LogP contribution in [0.5, 0.6) is 11.5 Å². The highest BCUT2D eigenvalue weighted by molar-refractivity contribution is 5.73. The number of nitrogens with one attached hydrogen (secondary N) is 1. The number of nitrogens with zero attached hydrogens (tertiary/aromatic N) is 3. The first-order chi connectivity index (χ1) is 17.8. The van der Waals surface area contributed by atoms with Gasteiger partial charge in [0.25, 0.3) is 0 Å². The van der Waals surface area contributed by atoms with Gasteiger partial charge in [-0.15, -0.1) is 23.4 Å². The lowest BCUT2D eigenvalue weighted by Crippen LogP contribution is -2.38. The zero-order valence-corrected chi connectivity index (χ0v) is 20.2. The Morgan fingerprint density at radius 3 is 2.54 bits per heavy atom. The summed E-state index contributed by atoms with van der Waals surface area (Å²) >= 11 is 0. The molecule has 3 aromatic rings. The molecule has 37 heavy (non-hydrogen) atoms. The maximum Gasteiger partial charge on any atom is 0.573 e. The van der Waals surface area contributed by atoms with Crippen molar-refractivity contribution in [3.8, 4) is 22.8 Å². The molecule has 196 valence electrons. The summed E-state index contributed by atoms with van der Waals surface area (Å²) in [5.74, 6) is -0.276. The first kappa shape index (κ1) is 25.3. The van der Waals surface area contributed by atoms with Gasteiger partial charge in [-0.2, -0.15) is 0 Å². The molecule has 0 radical (unpaired) electrons. The number of benzene rings is 2. The van der Waals surface area contributed by atoms with E-state index in [0.717, 1.165) is 62.0 Å². The molecule has 1 aromatic heterocycles. The predicted molar refractivity (Wildman–Crippen MR) is 132 cm³/mol. The number of ether oxygens (including phenoxy) is 1. The Morgan fingerprint density at radius 1 is 1.03 bits per heavy atom. The molecule has 2 atom stereocenters. The van der Waals surface area contributed by atoms with Crippen LogP contribution < -0.4 is 10.1 Å². The van der Waals surface area contributed by atoms with Gasteiger partial charge < -0.3 is 20.3 Å². The Kier molecular flexibility index (Phi) is 7.21. The molecule has 10 heteroatoms. The van der Waals surface area contributed by atoms with Crippen molar-refractivity contribution >= 4 is 5.82 Å². The second kappa shape index (κ2) is 10.5. The van der Waals surface area contributed by atoms with Crippen molar-refractivity contribution in [2.24, 2.45) is 0 Å². The smallest absolute Gasteiger partial charge is 0.507 e. The molecule has 1 fully saturated rings. The SMILES string of the molecule is Oc1cc(OC(F)(F)F)ccc1-c1nnc(N[C@@H]2CCCC[C@H]2O)c2c1CCN(Cc1ccccc1)C2. The zero-order valence-electron chi connectivity index (χ0n) is 20.2. The lowest BCUT2D eigenvalue weighted by atomic mass is 9.91. The van der Waals surface area contributed by atoms with Crippen molar-refractivity contribution in [2.45, 2.75) is 63.7 Å². The summed E-state index contributed by atoms with van der Waals surface area (Å²) in [4.78, 5) is 2.30. The fraction of sp³-hybridized carbons (Fsp3) is 0.407. The number of phenolic OH excluding ortho intramolecular Hbond substituents is 1. The number of aromatic nitrogens is 2. The average molecular weight is 515 g/mol. The van der Waals surface area contributed by atoms with E-state index in [1.54, 1.807) is 0 Å². The van der Waals surface area contributed by atoms with Gasteiger partial charge >= 0.3 is 6.36 Å². The lowest BCUT2D eigenvalue weighted by Gasteiger charge is -2.33. The third-order valence-electron chi connectivity index (χ3n) is 7.00. The zero-order chi connectivity index (χ0) is 26.0. The number of rotatable bonds is 6. The van der Waals surface area contributed by atoms with E-state index < -0.39 is 18.2 Å². The van der Waals surface area contributed by atoms with Crippen LogP contribution in [0.25, 0.3) is 11.3 Å². The number of phenols is 1. The molecule has 0 saturated heterocycles. The first-order valence-electron chi connectivity index (χ1n) is 12.5. The molecule has 2 aliphatic rings. The molecule has 2 aromatic carbocycles. The van der Waals surface area contributed by atoms with E-state index in [2.05, 4.69) is 37.3 Å². The number of anilines is 1. The number of hydrogen-bond donors (Lipinski definition) is 3. The Hall–Kier alpha value is -3.37. The molecule has 0 spiro atoms. The average Bonchev–Trinajstić information content (AvgIpc) is 2.86. The Balaban J connectivity index is 1.48. The Morgan fingerprint density at radius 2 is 1.81 bits per heavy atom. The molecule has 1 saturated carbocycles. The van der Waals surface area contributed by atoms with Crippen molar-refractivity contribution in [1.82, 2.24) is 15.1 Å². The van der Waals surface area contributed by atoms with Crippen LogP contribution in [-0.4, -0.2) is 50.4 Å². The van der Waals surface area contributed by atoms with Crippen molar-refractivity contribution in [3.05, 3.63) is 65.2 Å². The van der Waals surface area contributed by atoms with E-state index in [4.69, 9.17) is 0 Å². The van der Waals surface area contributed by atoms with Crippen molar-refractivity contribution in [3.63, 3.8) is 0 Å². The number of fused-ring (bicyclic) bond motifs is 1. The van der Waals surface area contributed by atoms with Crippen LogP contribution in [0.2, 0.25) is 0 Å². The van der Waals surface area contributed by atoms with E-state index in [1.807, 2.05) is 18.2 Å². The van der Waals surface area contributed by atoms with Crippen molar-refractivity contribution in [1.29, 1.82) is 0 Å². The molecule has 2 heterocycles. The molecule has 7 nitrogen and oxygen atoms in total. The topological polar surface area (TPSA) is 90.7 Å². The van der Waals surface area contributed by atoms with E-state index in [1.165, 1.54) is 11.6 Å². The molecule has 0 bridgehead atoms. The Labute approximate surface area is 212 Å². The summed E-state index contributed by atoms with van der Waals surface area (Å²) in [5, 5.41) is 33.3. The summed E-state index contributed by atoms with van der Waals surface area (Å²) in [7, 11) is 0. The largest absolute Gasteiger partial charge is 0.573 e. The number of aliphatic hydroxyl groups excluding tert-OH is 1. The van der Waals surface area contributed by atoms with Crippen LogP contribution >= 0.6 is 0 Å². The van der Waals surface area contributed by atoms with E-state index in [-0.39, 0.29) is 11.8 Å². The van der Waals surface area contributed by atoms with Crippen LogP contribution in [0.4, 0.5) is 19.0 Å². The normalized spacial score (nSPS) is 20.3. The summed E-state index contributed by atoms with van der Waals surface area (Å²) < 4.78 is 41.8. The molecule has 0 amide bonds. The van der Waals surface area contributed by atoms with E-state index >= 15 is 0 Å². The van der Waals surface area contributed by atoms with Crippen molar-refractivity contribution in [2.75, 3.05) is 11.9 Å². The minimum Gasteiger partial charge on any atom is -0.507 e. The van der Waals surface area contributed by atoms with Crippen LogP contribution in [0.3, 0.4) is 0 Å². The van der Waals surface area contributed by atoms with Gasteiger partial charge in [0.05, 0.1) is 12.1 Å². The van der Waals surface area contributed by atoms with Crippen LogP contribution in [-0.2, 0) is 19.5 Å². The monoisotopic (exact) mass is 514 g/mol. The quantitative estimate of drug-likeness (QED) is 0.426. The highest BCUT2D eigenvalue weighted by Gasteiger charge is 2.32. The predicted octanol–water partition coefficient (Wildman–Crippen LogP) is 5.02. The second-order valence-corrected chi connectivity index (χ2v) is 9.63. The van der Waals surface area contributed by atoms with E-state index in [9.17, 15) is 23.4 Å². The molecule has 1 aliphatic carbocycles. The molecule has 3 N–H and O–H groups in total. The fourth-order valence-electron chi connectivity index (χ4n) is 5.19. The van der Waals surface area contributed by atoms with Gasteiger partial charge in [-0.1, -0.05) is 43.2 Å². The van der Waals surface area contributed by atoms with Crippen LogP contribution in [0.15, 0.2) is 48.5 Å². The van der Waals surface area contributed by atoms with Gasteiger partial charge in [0, 0.05) is 36.8 Å². The highest BCUT2D eigenvalue weighted by Crippen LogP contribution is 2.39. The molecule has 1 aliphatic heterocycles. The third kappa shape index (κ3) is 5.97. The minimum absolute atomic E-state index is 0.130. The van der Waals surface area contributed by atoms with Gasteiger partial charge in [0.15, 0.2) is 5.82 Å². The number of aliphatic hydroxyl groups is 1. The summed E-state index contributed by atoms with van der Waals surface area (Å²) in [6.07, 6.45) is -1.15. The van der Waals surface area contributed by atoms with Gasteiger partial charge in [-0.3, -0.25) is 4.90 Å². The van der Waals surface area contributed by atoms with Crippen LogP contribution in [0.1, 0.15) is 42.4 Å². The maximum atomic E-state index is 12.6. The third-order valence-corrected chi connectivity index (χ3v) is 7.00.